The van der Waals surface area contributed by atoms with E-state index in [-0.39, 0.29) is 0 Å². The molecule has 0 fully saturated rings. The first-order valence-electron chi connectivity index (χ1n) is 5.27. The maximum absolute atomic E-state index is 3.35. The van der Waals surface area contributed by atoms with Crippen LogP contribution < -0.4 is 0 Å². The van der Waals surface area contributed by atoms with Crippen molar-refractivity contribution in [3.05, 3.63) is 24.3 Å². The number of rotatable bonds is 8. The summed E-state index contributed by atoms with van der Waals surface area (Å²) in [6.07, 6.45) is 16.7. The van der Waals surface area contributed by atoms with Crippen molar-refractivity contribution in [1.82, 2.24) is 0 Å². The lowest BCUT2D eigenvalue weighted by atomic mass is 10.1. The summed E-state index contributed by atoms with van der Waals surface area (Å²) in [5.74, 6) is 0. The molecule has 0 saturated heterocycles. The van der Waals surface area contributed by atoms with E-state index in [9.17, 15) is 0 Å². The van der Waals surface area contributed by atoms with Gasteiger partial charge in [0.15, 0.2) is 0 Å². The Morgan fingerprint density at radius 3 is 2.38 bits per heavy atom. The number of allylic oxidation sites excluding steroid dienone is 4. The SMILES string of the molecule is CCCCCCC=CCC=CCBr. The minimum absolute atomic E-state index is 0.970. The van der Waals surface area contributed by atoms with Crippen LogP contribution in [0.1, 0.15) is 45.4 Å². The summed E-state index contributed by atoms with van der Waals surface area (Å²) < 4.78 is 0. The summed E-state index contributed by atoms with van der Waals surface area (Å²) in [5.41, 5.74) is 0. The molecule has 0 N–H and O–H groups in total. The molecule has 0 nitrogen and oxygen atoms in total. The fourth-order valence-electron chi connectivity index (χ4n) is 1.14. The molecule has 0 rings (SSSR count). The van der Waals surface area contributed by atoms with Crippen LogP contribution in [0.3, 0.4) is 0 Å². The molecule has 0 amide bonds. The molecule has 0 spiro atoms. The highest BCUT2D eigenvalue weighted by molar-refractivity contribution is 9.09. The van der Waals surface area contributed by atoms with Gasteiger partial charge in [-0.25, -0.2) is 0 Å². The second kappa shape index (κ2) is 12.0. The van der Waals surface area contributed by atoms with E-state index in [1.54, 1.807) is 0 Å². The Bertz CT molecular complexity index is 136. The van der Waals surface area contributed by atoms with E-state index in [1.807, 2.05) is 0 Å². The Kier molecular flexibility index (Phi) is 11.9. The van der Waals surface area contributed by atoms with Gasteiger partial charge in [-0.3, -0.25) is 0 Å². The number of halogens is 1. The van der Waals surface area contributed by atoms with Crippen molar-refractivity contribution in [2.45, 2.75) is 45.4 Å². The second-order valence-corrected chi connectivity index (χ2v) is 3.83. The van der Waals surface area contributed by atoms with Crippen molar-refractivity contribution in [3.8, 4) is 0 Å². The quantitative estimate of drug-likeness (QED) is 0.325. The number of hydrogen-bond donors (Lipinski definition) is 0. The predicted molar refractivity (Wildman–Crippen MR) is 65.5 cm³/mol. The van der Waals surface area contributed by atoms with E-state index in [2.05, 4.69) is 47.2 Å². The van der Waals surface area contributed by atoms with Gasteiger partial charge in [0.1, 0.15) is 0 Å². The monoisotopic (exact) mass is 244 g/mol. The van der Waals surface area contributed by atoms with Crippen molar-refractivity contribution in [2.24, 2.45) is 0 Å². The molecule has 0 aliphatic rings. The van der Waals surface area contributed by atoms with Gasteiger partial charge in [-0.1, -0.05) is 66.4 Å². The summed E-state index contributed by atoms with van der Waals surface area (Å²) in [6, 6.07) is 0. The van der Waals surface area contributed by atoms with Crippen molar-refractivity contribution < 1.29 is 0 Å². The fraction of sp³-hybridized carbons (Fsp3) is 0.667. The lowest BCUT2D eigenvalue weighted by Crippen LogP contribution is -1.73. The van der Waals surface area contributed by atoms with Gasteiger partial charge in [0, 0.05) is 5.33 Å². The Morgan fingerprint density at radius 1 is 0.923 bits per heavy atom. The van der Waals surface area contributed by atoms with Crippen molar-refractivity contribution in [1.29, 1.82) is 0 Å². The Balaban J connectivity index is 3.08. The summed E-state index contributed by atoms with van der Waals surface area (Å²) in [4.78, 5) is 0. The molecule has 0 aliphatic heterocycles. The smallest absolute Gasteiger partial charge is 0.0212 e. The average molecular weight is 245 g/mol. The molecule has 1 heteroatoms. The largest absolute Gasteiger partial charge is 0.0883 e. The van der Waals surface area contributed by atoms with E-state index >= 15 is 0 Å². The molecular weight excluding hydrogens is 224 g/mol. The van der Waals surface area contributed by atoms with Crippen LogP contribution in [0.5, 0.6) is 0 Å². The molecule has 0 aliphatic carbocycles. The molecule has 0 aromatic rings. The zero-order valence-corrected chi connectivity index (χ0v) is 10.2. The average Bonchev–Trinajstić information content (AvgIpc) is 2.16. The third-order valence-corrected chi connectivity index (χ3v) is 2.29. The highest BCUT2D eigenvalue weighted by Gasteiger charge is 1.83. The predicted octanol–water partition coefficient (Wildman–Crippen LogP) is 4.85. The van der Waals surface area contributed by atoms with E-state index in [0.717, 1.165) is 11.8 Å². The molecule has 0 bridgehead atoms. The summed E-state index contributed by atoms with van der Waals surface area (Å²) in [7, 11) is 0. The van der Waals surface area contributed by atoms with E-state index in [4.69, 9.17) is 0 Å². The minimum atomic E-state index is 0.970. The molecule has 0 radical (unpaired) electrons. The van der Waals surface area contributed by atoms with Crippen LogP contribution in [0.25, 0.3) is 0 Å². The number of unbranched alkanes of at least 4 members (excludes halogenated alkanes) is 4. The van der Waals surface area contributed by atoms with Gasteiger partial charge in [-0.2, -0.15) is 0 Å². The van der Waals surface area contributed by atoms with Gasteiger partial charge in [0.25, 0.3) is 0 Å². The fourth-order valence-corrected chi connectivity index (χ4v) is 1.41. The number of alkyl halides is 1. The van der Waals surface area contributed by atoms with E-state index < -0.39 is 0 Å². The van der Waals surface area contributed by atoms with Crippen molar-refractivity contribution >= 4 is 15.9 Å². The first-order chi connectivity index (χ1) is 6.41. The maximum atomic E-state index is 3.35. The molecule has 13 heavy (non-hydrogen) atoms. The second-order valence-electron chi connectivity index (χ2n) is 3.18. The molecule has 0 aromatic heterocycles. The van der Waals surface area contributed by atoms with Crippen molar-refractivity contribution in [3.63, 3.8) is 0 Å². The van der Waals surface area contributed by atoms with Crippen LogP contribution in [-0.2, 0) is 0 Å². The van der Waals surface area contributed by atoms with Crippen LogP contribution in [0.4, 0.5) is 0 Å². The topological polar surface area (TPSA) is 0 Å². The molecule has 0 heterocycles. The van der Waals surface area contributed by atoms with Crippen LogP contribution in [0.2, 0.25) is 0 Å². The third-order valence-electron chi connectivity index (χ3n) is 1.92. The Hall–Kier alpha value is -0.0400. The van der Waals surface area contributed by atoms with Crippen LogP contribution in [0, 0.1) is 0 Å². The maximum Gasteiger partial charge on any atom is 0.0212 e. The highest BCUT2D eigenvalue weighted by atomic mass is 79.9. The zero-order chi connectivity index (χ0) is 9.78. The molecule has 76 valence electrons. The van der Waals surface area contributed by atoms with Crippen LogP contribution in [-0.4, -0.2) is 5.33 Å². The van der Waals surface area contributed by atoms with Crippen molar-refractivity contribution in [2.75, 3.05) is 5.33 Å². The van der Waals surface area contributed by atoms with E-state index in [1.165, 1.54) is 32.1 Å². The summed E-state index contributed by atoms with van der Waals surface area (Å²) in [6.45, 7) is 2.25. The Morgan fingerprint density at radius 2 is 1.69 bits per heavy atom. The first kappa shape index (κ1) is 13.0. The highest BCUT2D eigenvalue weighted by Crippen LogP contribution is 2.03. The van der Waals surface area contributed by atoms with Crippen LogP contribution in [0.15, 0.2) is 24.3 Å². The zero-order valence-electron chi connectivity index (χ0n) is 8.64. The normalized spacial score (nSPS) is 11.8. The Labute approximate surface area is 91.2 Å². The van der Waals surface area contributed by atoms with Gasteiger partial charge in [0.2, 0.25) is 0 Å². The molecule has 0 atom stereocenters. The van der Waals surface area contributed by atoms with Gasteiger partial charge in [-0.05, 0) is 19.3 Å². The summed E-state index contributed by atoms with van der Waals surface area (Å²) in [5, 5.41) is 0.970. The summed E-state index contributed by atoms with van der Waals surface area (Å²) >= 11 is 3.35. The standard InChI is InChI=1S/C12H21Br/c1-2-3-4-5-6-7-8-9-10-11-12-13/h7-8,10-11H,2-6,9,12H2,1H3. The van der Waals surface area contributed by atoms with Gasteiger partial charge in [0.05, 0.1) is 0 Å². The lowest BCUT2D eigenvalue weighted by Gasteiger charge is -1.93. The van der Waals surface area contributed by atoms with Crippen LogP contribution >= 0.6 is 15.9 Å². The molecule has 0 aromatic carbocycles. The van der Waals surface area contributed by atoms with Gasteiger partial charge >= 0.3 is 0 Å². The molecule has 0 unspecified atom stereocenters. The van der Waals surface area contributed by atoms with Gasteiger partial charge < -0.3 is 0 Å². The van der Waals surface area contributed by atoms with E-state index in [0.29, 0.717) is 0 Å². The first-order valence-corrected chi connectivity index (χ1v) is 6.40. The minimum Gasteiger partial charge on any atom is -0.0883 e. The third kappa shape index (κ3) is 12.0. The molecule has 0 saturated carbocycles. The van der Waals surface area contributed by atoms with Gasteiger partial charge in [-0.15, -0.1) is 0 Å². The molecular formula is C12H21Br. The number of hydrogen-bond acceptors (Lipinski definition) is 0. The lowest BCUT2D eigenvalue weighted by molar-refractivity contribution is 0.674.